The molecule has 2 aromatic carbocycles. The number of anilines is 1. The molecule has 0 aromatic heterocycles. The summed E-state index contributed by atoms with van der Waals surface area (Å²) in [6.07, 6.45) is 0. The van der Waals surface area contributed by atoms with Gasteiger partial charge < -0.3 is 10.4 Å². The van der Waals surface area contributed by atoms with Gasteiger partial charge in [-0.1, -0.05) is 39.7 Å². The summed E-state index contributed by atoms with van der Waals surface area (Å²) in [5, 5.41) is 13.0. The van der Waals surface area contributed by atoms with Gasteiger partial charge in [0, 0.05) is 21.2 Å². The predicted molar refractivity (Wildman–Crippen MR) is 84.6 cm³/mol. The first-order valence-corrected chi connectivity index (χ1v) is 7.18. The molecule has 2 aromatic rings. The van der Waals surface area contributed by atoms with Crippen LogP contribution in [0.1, 0.15) is 28.9 Å². The number of carboxylic acid groups (broad SMARTS) is 1. The number of halogens is 2. The van der Waals surface area contributed by atoms with Crippen LogP contribution in [-0.2, 0) is 0 Å². The molecule has 1 unspecified atom stereocenters. The molecule has 0 bridgehead atoms. The zero-order valence-electron chi connectivity index (χ0n) is 10.7. The van der Waals surface area contributed by atoms with Gasteiger partial charge in [0.1, 0.15) is 0 Å². The number of aromatic carboxylic acids is 1. The summed E-state index contributed by atoms with van der Waals surface area (Å²) in [4.78, 5) is 11.0. The van der Waals surface area contributed by atoms with E-state index in [1.807, 2.05) is 37.3 Å². The molecule has 3 nitrogen and oxygen atoms in total. The molecule has 0 aliphatic rings. The Morgan fingerprint density at radius 1 is 1.30 bits per heavy atom. The Morgan fingerprint density at radius 3 is 2.70 bits per heavy atom. The van der Waals surface area contributed by atoms with E-state index in [0.29, 0.717) is 5.02 Å². The van der Waals surface area contributed by atoms with Crippen LogP contribution in [0.2, 0.25) is 5.02 Å². The Balaban J connectivity index is 2.23. The second-order valence-electron chi connectivity index (χ2n) is 4.45. The van der Waals surface area contributed by atoms with E-state index in [4.69, 9.17) is 16.7 Å². The average Bonchev–Trinajstić information content (AvgIpc) is 2.37. The van der Waals surface area contributed by atoms with Crippen molar-refractivity contribution in [1.29, 1.82) is 0 Å². The molecule has 0 aliphatic heterocycles. The fourth-order valence-corrected chi connectivity index (χ4v) is 2.60. The van der Waals surface area contributed by atoms with Crippen molar-refractivity contribution in [2.24, 2.45) is 0 Å². The second kappa shape index (κ2) is 6.29. The maximum Gasteiger partial charge on any atom is 0.335 e. The predicted octanol–water partition coefficient (Wildman–Crippen LogP) is 4.97. The van der Waals surface area contributed by atoms with Crippen molar-refractivity contribution in [3.63, 3.8) is 0 Å². The number of carbonyl (C=O) groups is 1. The minimum Gasteiger partial charge on any atom is -0.478 e. The lowest BCUT2D eigenvalue weighted by Gasteiger charge is -2.16. The standard InChI is InChI=1S/C15H13BrClNO2/c1-9(10-3-2-4-13(17)6-10)18-14-7-11(15(19)20)5-12(16)8-14/h2-9,18H,1H3,(H,19,20). The SMILES string of the molecule is CC(Nc1cc(Br)cc(C(=O)O)c1)c1cccc(Cl)c1. The van der Waals surface area contributed by atoms with E-state index in [1.165, 1.54) is 0 Å². The maximum atomic E-state index is 11.0. The third-order valence-electron chi connectivity index (χ3n) is 2.88. The number of carboxylic acids is 1. The van der Waals surface area contributed by atoms with Crippen LogP contribution in [0, 0.1) is 0 Å². The van der Waals surface area contributed by atoms with Crippen LogP contribution in [0.25, 0.3) is 0 Å². The van der Waals surface area contributed by atoms with Crippen LogP contribution in [0.15, 0.2) is 46.9 Å². The molecular weight excluding hydrogens is 342 g/mol. The molecule has 2 N–H and O–H groups in total. The first-order valence-electron chi connectivity index (χ1n) is 6.01. The summed E-state index contributed by atoms with van der Waals surface area (Å²) >= 11 is 9.29. The van der Waals surface area contributed by atoms with Gasteiger partial charge in [0.2, 0.25) is 0 Å². The summed E-state index contributed by atoms with van der Waals surface area (Å²) in [7, 11) is 0. The van der Waals surface area contributed by atoms with Gasteiger partial charge in [0.05, 0.1) is 5.56 Å². The van der Waals surface area contributed by atoms with Gasteiger partial charge in [-0.3, -0.25) is 0 Å². The van der Waals surface area contributed by atoms with Crippen molar-refractivity contribution in [2.75, 3.05) is 5.32 Å². The van der Waals surface area contributed by atoms with Crippen LogP contribution in [0.3, 0.4) is 0 Å². The van der Waals surface area contributed by atoms with Crippen molar-refractivity contribution >= 4 is 39.2 Å². The molecule has 1 atom stereocenters. The summed E-state index contributed by atoms with van der Waals surface area (Å²) in [5.74, 6) is -0.954. The van der Waals surface area contributed by atoms with Crippen molar-refractivity contribution in [2.45, 2.75) is 13.0 Å². The van der Waals surface area contributed by atoms with Crippen LogP contribution >= 0.6 is 27.5 Å². The number of hydrogen-bond donors (Lipinski definition) is 2. The van der Waals surface area contributed by atoms with Crippen molar-refractivity contribution < 1.29 is 9.90 Å². The largest absolute Gasteiger partial charge is 0.478 e. The van der Waals surface area contributed by atoms with Gasteiger partial charge in [0.15, 0.2) is 0 Å². The van der Waals surface area contributed by atoms with Crippen LogP contribution in [0.4, 0.5) is 5.69 Å². The summed E-state index contributed by atoms with van der Waals surface area (Å²) in [5.41, 5.74) is 2.01. The fraction of sp³-hybridized carbons (Fsp3) is 0.133. The minimum atomic E-state index is -0.954. The highest BCUT2D eigenvalue weighted by molar-refractivity contribution is 9.10. The molecule has 0 saturated carbocycles. The zero-order valence-corrected chi connectivity index (χ0v) is 13.1. The monoisotopic (exact) mass is 353 g/mol. The number of nitrogens with one attached hydrogen (secondary N) is 1. The highest BCUT2D eigenvalue weighted by Crippen LogP contribution is 2.25. The lowest BCUT2D eigenvalue weighted by molar-refractivity contribution is 0.0697. The van der Waals surface area contributed by atoms with Crippen LogP contribution in [0.5, 0.6) is 0 Å². The molecule has 0 heterocycles. The first kappa shape index (κ1) is 14.9. The second-order valence-corrected chi connectivity index (χ2v) is 5.81. The quantitative estimate of drug-likeness (QED) is 0.814. The smallest absolute Gasteiger partial charge is 0.335 e. The van der Waals surface area contributed by atoms with Crippen LogP contribution in [-0.4, -0.2) is 11.1 Å². The van der Waals surface area contributed by atoms with Gasteiger partial charge in [-0.15, -0.1) is 0 Å². The number of rotatable bonds is 4. The van der Waals surface area contributed by atoms with Crippen molar-refractivity contribution in [3.05, 3.63) is 63.1 Å². The molecule has 0 aliphatic carbocycles. The van der Waals surface area contributed by atoms with Gasteiger partial charge >= 0.3 is 5.97 Å². The maximum absolute atomic E-state index is 11.0. The Hall–Kier alpha value is -1.52. The van der Waals surface area contributed by atoms with Gasteiger partial charge in [-0.2, -0.15) is 0 Å². The molecule has 5 heteroatoms. The average molecular weight is 355 g/mol. The minimum absolute atomic E-state index is 0.0182. The molecule has 104 valence electrons. The molecule has 0 radical (unpaired) electrons. The Morgan fingerprint density at radius 2 is 2.05 bits per heavy atom. The van der Waals surface area contributed by atoms with E-state index < -0.39 is 5.97 Å². The van der Waals surface area contributed by atoms with Crippen molar-refractivity contribution in [3.8, 4) is 0 Å². The zero-order chi connectivity index (χ0) is 14.7. The Bertz CT molecular complexity index is 646. The van der Waals surface area contributed by atoms with E-state index in [2.05, 4.69) is 21.2 Å². The summed E-state index contributed by atoms with van der Waals surface area (Å²) < 4.78 is 0.721. The lowest BCUT2D eigenvalue weighted by atomic mass is 10.1. The summed E-state index contributed by atoms with van der Waals surface area (Å²) in [6.45, 7) is 1.99. The first-order chi connectivity index (χ1) is 9.45. The van der Waals surface area contributed by atoms with Gasteiger partial charge in [-0.25, -0.2) is 4.79 Å². The molecule has 2 rings (SSSR count). The van der Waals surface area contributed by atoms with Gasteiger partial charge in [0.25, 0.3) is 0 Å². The van der Waals surface area contributed by atoms with Crippen molar-refractivity contribution in [1.82, 2.24) is 0 Å². The van der Waals surface area contributed by atoms with E-state index in [1.54, 1.807) is 12.1 Å². The third-order valence-corrected chi connectivity index (χ3v) is 3.57. The highest BCUT2D eigenvalue weighted by atomic mass is 79.9. The third kappa shape index (κ3) is 3.74. The molecule has 0 fully saturated rings. The molecule has 20 heavy (non-hydrogen) atoms. The Kier molecular flexibility index (Phi) is 4.68. The van der Waals surface area contributed by atoms with E-state index >= 15 is 0 Å². The van der Waals surface area contributed by atoms with E-state index in [-0.39, 0.29) is 11.6 Å². The van der Waals surface area contributed by atoms with E-state index in [0.717, 1.165) is 15.7 Å². The van der Waals surface area contributed by atoms with Gasteiger partial charge in [-0.05, 0) is 42.8 Å². The molecule has 0 saturated heterocycles. The van der Waals surface area contributed by atoms with Crippen LogP contribution < -0.4 is 5.32 Å². The normalized spacial score (nSPS) is 11.9. The molecule has 0 spiro atoms. The number of hydrogen-bond acceptors (Lipinski definition) is 2. The highest BCUT2D eigenvalue weighted by Gasteiger charge is 2.09. The fourth-order valence-electron chi connectivity index (χ4n) is 1.91. The lowest BCUT2D eigenvalue weighted by Crippen LogP contribution is -2.07. The molecule has 0 amide bonds. The summed E-state index contributed by atoms with van der Waals surface area (Å²) in [6, 6.07) is 12.6. The topological polar surface area (TPSA) is 49.3 Å². The number of benzene rings is 2. The Labute approximate surface area is 130 Å². The van der Waals surface area contributed by atoms with E-state index in [9.17, 15) is 4.79 Å². The molecular formula is C15H13BrClNO2.